The van der Waals surface area contributed by atoms with Crippen molar-refractivity contribution in [3.05, 3.63) is 11.6 Å². The van der Waals surface area contributed by atoms with Crippen LogP contribution in [0, 0.1) is 0 Å². The maximum absolute atomic E-state index is 10.7. The highest BCUT2D eigenvalue weighted by molar-refractivity contribution is 6.25. The minimum absolute atomic E-state index is 1.19. The Morgan fingerprint density at radius 3 is 2.20 bits per heavy atom. The van der Waals surface area contributed by atoms with Gasteiger partial charge in [-0.1, -0.05) is 11.6 Å². The van der Waals surface area contributed by atoms with Crippen molar-refractivity contribution in [1.29, 1.82) is 0 Å². The molecule has 3 heteroatoms. The van der Waals surface area contributed by atoms with E-state index in [1.54, 1.807) is 0 Å². The first-order chi connectivity index (χ1) is 2.64. The highest BCUT2D eigenvalue weighted by Gasteiger charge is 1.76. The van der Waals surface area contributed by atoms with Gasteiger partial charge in [-0.05, 0) is 0 Å². The third kappa shape index (κ3) is 3.89. The van der Waals surface area contributed by atoms with E-state index in [0.29, 0.717) is 0 Å². The van der Waals surface area contributed by atoms with Gasteiger partial charge in [-0.15, -0.1) is 0 Å². The highest BCUT2D eigenvalue weighted by atomic mass is 35.5. The Balaban J connectivity index is 3.68. The Bertz CT molecular complexity index is 61.6. The molecule has 0 rings (SSSR count). The third-order valence-corrected chi connectivity index (χ3v) is 0.214. The summed E-state index contributed by atoms with van der Waals surface area (Å²) in [6.45, 7) is 0. The van der Waals surface area contributed by atoms with E-state index in [2.05, 4.69) is 11.6 Å². The molecule has 0 aromatic rings. The van der Waals surface area contributed by atoms with E-state index in [1.165, 1.54) is 0 Å². The van der Waals surface area contributed by atoms with Crippen LogP contribution < -0.4 is 0 Å². The van der Waals surface area contributed by atoms with Crippen LogP contribution in [0.25, 0.3) is 0 Å². The van der Waals surface area contributed by atoms with E-state index in [4.69, 9.17) is 1.37 Å². The Morgan fingerprint density at radius 2 is 2.20 bits per heavy atom. The van der Waals surface area contributed by atoms with Gasteiger partial charge in [-0.3, -0.25) is 0 Å². The molecule has 0 unspecified atom stereocenters. The standard InChI is InChI=1S/C2HClF2/c3-1-2(4)5/h1H/i1D. The molecule has 0 amide bonds. The number of halogens is 3. The Hall–Kier alpha value is -0.110. The van der Waals surface area contributed by atoms with Crippen LogP contribution in [0.5, 0.6) is 0 Å². The second-order valence-corrected chi connectivity index (χ2v) is 0.544. The van der Waals surface area contributed by atoms with E-state index in [0.717, 1.165) is 0 Å². The van der Waals surface area contributed by atoms with E-state index in [9.17, 15) is 8.78 Å². The van der Waals surface area contributed by atoms with Gasteiger partial charge >= 0.3 is 0 Å². The molecule has 0 atom stereocenters. The van der Waals surface area contributed by atoms with Crippen LogP contribution in [-0.2, 0) is 0 Å². The van der Waals surface area contributed by atoms with Gasteiger partial charge in [0.05, 0.1) is 6.88 Å². The molecule has 0 fully saturated rings. The molecule has 0 heterocycles. The van der Waals surface area contributed by atoms with Crippen LogP contribution in [0.3, 0.4) is 0 Å². The molecule has 0 radical (unpaired) electrons. The van der Waals surface area contributed by atoms with Crippen molar-refractivity contribution < 1.29 is 10.2 Å². The van der Waals surface area contributed by atoms with E-state index in [-0.39, 0.29) is 0 Å². The molecule has 0 spiro atoms. The molecule has 0 aliphatic rings. The number of hydrogen-bond donors (Lipinski definition) is 0. The van der Waals surface area contributed by atoms with Crippen molar-refractivity contribution in [3.63, 3.8) is 0 Å². The Kier molecular flexibility index (Phi) is 1.33. The van der Waals surface area contributed by atoms with Crippen LogP contribution in [0.15, 0.2) is 11.6 Å². The average Bonchev–Trinajstić information content (AvgIpc) is 1.36. The van der Waals surface area contributed by atoms with Crippen molar-refractivity contribution in [2.24, 2.45) is 0 Å². The molecule has 0 aromatic carbocycles. The molecule has 5 heavy (non-hydrogen) atoms. The fraction of sp³-hybridized carbons (Fsp3) is 0. The molecule has 0 saturated carbocycles. The molecule has 0 aromatic heterocycles. The summed E-state index contributed by atoms with van der Waals surface area (Å²) in [4.78, 5) is 0. The highest BCUT2D eigenvalue weighted by Crippen LogP contribution is 1.96. The minimum atomic E-state index is -2.14. The van der Waals surface area contributed by atoms with Gasteiger partial charge < -0.3 is 0 Å². The van der Waals surface area contributed by atoms with Crippen LogP contribution in [0.4, 0.5) is 8.78 Å². The van der Waals surface area contributed by atoms with Crippen LogP contribution in [0.2, 0.25) is 0 Å². The summed E-state index contributed by atoms with van der Waals surface area (Å²) in [6.07, 6.45) is -2.14. The molecular weight excluding hydrogens is 97.5 g/mol. The maximum atomic E-state index is 10.7. The Labute approximate surface area is 34.5 Å². The van der Waals surface area contributed by atoms with E-state index >= 15 is 0 Å². The summed E-state index contributed by atoms with van der Waals surface area (Å²) in [5, 5.41) is 0. The zero-order valence-electron chi connectivity index (χ0n) is 3.13. The first-order valence-electron chi connectivity index (χ1n) is 1.32. The van der Waals surface area contributed by atoms with Crippen LogP contribution >= 0.6 is 11.6 Å². The van der Waals surface area contributed by atoms with Gasteiger partial charge in [0.2, 0.25) is 0 Å². The fourth-order valence-corrected chi connectivity index (χ4v) is 0. The zero-order chi connectivity index (χ0) is 5.15. The molecule has 30 valence electrons. The van der Waals surface area contributed by atoms with Gasteiger partial charge in [0, 0.05) is 0 Å². The lowest BCUT2D eigenvalue weighted by Gasteiger charge is -1.60. The van der Waals surface area contributed by atoms with E-state index < -0.39 is 11.6 Å². The first-order valence-corrected chi connectivity index (χ1v) is 1.19. The van der Waals surface area contributed by atoms with Crippen molar-refractivity contribution in [3.8, 4) is 0 Å². The molecule has 0 nitrogen and oxygen atoms in total. The van der Waals surface area contributed by atoms with Gasteiger partial charge in [-0.25, -0.2) is 0 Å². The van der Waals surface area contributed by atoms with Gasteiger partial charge in [0.25, 0.3) is 6.08 Å². The summed E-state index contributed by atoms with van der Waals surface area (Å²) < 4.78 is 27.4. The topological polar surface area (TPSA) is 0 Å². The quantitative estimate of drug-likeness (QED) is 0.436. The fourth-order valence-electron chi connectivity index (χ4n) is 0. The summed E-state index contributed by atoms with van der Waals surface area (Å²) in [7, 11) is 0. The maximum Gasteiger partial charge on any atom is 0.281 e. The summed E-state index contributed by atoms with van der Waals surface area (Å²) in [6, 6.07) is 0. The predicted molar refractivity (Wildman–Crippen MR) is 16.2 cm³/mol. The number of hydrogen-bond acceptors (Lipinski definition) is 0. The second-order valence-electron chi connectivity index (χ2n) is 0.355. The number of rotatable bonds is 0. The normalized spacial score (nSPS) is 9.80. The average molecular weight is 99.5 g/mol. The van der Waals surface area contributed by atoms with Crippen molar-refractivity contribution in [2.75, 3.05) is 0 Å². The molecule has 0 aliphatic carbocycles. The lowest BCUT2D eigenvalue weighted by atomic mass is 11.1. The summed E-state index contributed by atoms with van der Waals surface area (Å²) in [5.74, 6) is 0. The molecule has 0 aliphatic heterocycles. The molecule has 0 N–H and O–H groups in total. The summed E-state index contributed by atoms with van der Waals surface area (Å²) in [5.41, 5.74) is -1.19. The lowest BCUT2D eigenvalue weighted by molar-refractivity contribution is 0.424. The summed E-state index contributed by atoms with van der Waals surface area (Å²) >= 11 is 4.41. The van der Waals surface area contributed by atoms with Gasteiger partial charge in [-0.2, -0.15) is 8.78 Å². The minimum Gasteiger partial charge on any atom is -0.172 e. The zero-order valence-corrected chi connectivity index (χ0v) is 2.89. The Morgan fingerprint density at radius 1 is 2.00 bits per heavy atom. The van der Waals surface area contributed by atoms with E-state index in [1.807, 2.05) is 0 Å². The first kappa shape index (κ1) is 3.09. The SMILES string of the molecule is [2H]C(Cl)=C(F)F. The van der Waals surface area contributed by atoms with Crippen LogP contribution in [0.1, 0.15) is 1.37 Å². The monoisotopic (exact) mass is 99.0 g/mol. The predicted octanol–water partition coefficient (Wildman–Crippen LogP) is 1.96. The van der Waals surface area contributed by atoms with Crippen LogP contribution in [-0.4, -0.2) is 0 Å². The smallest absolute Gasteiger partial charge is 0.172 e. The van der Waals surface area contributed by atoms with Crippen molar-refractivity contribution in [2.45, 2.75) is 0 Å². The molecule has 0 bridgehead atoms. The molecular formula is C2HClF2. The third-order valence-electron chi connectivity index (χ3n) is 0.0714. The van der Waals surface area contributed by atoms with Crippen molar-refractivity contribution in [1.82, 2.24) is 0 Å². The lowest BCUT2D eigenvalue weighted by Crippen LogP contribution is -1.40. The molecule has 0 saturated heterocycles. The van der Waals surface area contributed by atoms with Gasteiger partial charge in [0.15, 0.2) is 0 Å². The largest absolute Gasteiger partial charge is 0.281 e. The second kappa shape index (κ2) is 2.15. The van der Waals surface area contributed by atoms with Gasteiger partial charge in [0.1, 0.15) is 0 Å². The van der Waals surface area contributed by atoms with Crippen molar-refractivity contribution >= 4 is 11.6 Å².